The monoisotopic (exact) mass is 242 g/mol. The van der Waals surface area contributed by atoms with Gasteiger partial charge in [0.2, 0.25) is 0 Å². The largest absolute Gasteiger partial charge is 0.467 e. The van der Waals surface area contributed by atoms with Crippen molar-refractivity contribution < 1.29 is 24.2 Å². The first-order chi connectivity index (χ1) is 7.98. The Morgan fingerprint density at radius 3 is 2.71 bits per heavy atom. The van der Waals surface area contributed by atoms with E-state index in [0.717, 1.165) is 0 Å². The molecule has 0 fully saturated rings. The second kappa shape index (κ2) is 5.82. The molecule has 2 atom stereocenters. The number of rotatable bonds is 2. The van der Waals surface area contributed by atoms with Crippen LogP contribution in [0.5, 0.6) is 0 Å². The van der Waals surface area contributed by atoms with Gasteiger partial charge in [0.25, 0.3) is 0 Å². The molecule has 1 aliphatic carbocycles. The Bertz CT molecular complexity index is 323. The molecular formula is C12H18O5. The van der Waals surface area contributed by atoms with Crippen LogP contribution in [0.25, 0.3) is 0 Å². The van der Waals surface area contributed by atoms with Crippen LogP contribution in [0, 0.1) is 0 Å². The highest BCUT2D eigenvalue weighted by molar-refractivity contribution is 5.79. The minimum Gasteiger partial charge on any atom is -0.467 e. The fourth-order valence-corrected chi connectivity index (χ4v) is 1.88. The standard InChI is InChI=1S/C12H18O5/c1-9(13)17-10-5-3-4-7-12(15,8-6-10)11(14)16-2/h3,5,10,15H,4,6-8H2,1-2H3/b5-3-/t10-,12-/m1/s1. The number of ether oxygens (including phenoxy) is 2. The summed E-state index contributed by atoms with van der Waals surface area (Å²) in [5.41, 5.74) is -1.47. The lowest BCUT2D eigenvalue weighted by atomic mass is 9.88. The SMILES string of the molecule is COC(=O)[C@@]1(O)CC/C=C\[C@@H](OC(C)=O)CC1. The van der Waals surface area contributed by atoms with E-state index in [2.05, 4.69) is 4.74 Å². The van der Waals surface area contributed by atoms with Crippen molar-refractivity contribution in [3.63, 3.8) is 0 Å². The van der Waals surface area contributed by atoms with E-state index in [-0.39, 0.29) is 18.5 Å². The van der Waals surface area contributed by atoms with Crippen LogP contribution in [0.3, 0.4) is 0 Å². The molecule has 5 heteroatoms. The molecular weight excluding hydrogens is 224 g/mol. The van der Waals surface area contributed by atoms with Crippen molar-refractivity contribution in [1.29, 1.82) is 0 Å². The zero-order chi connectivity index (χ0) is 12.9. The summed E-state index contributed by atoms with van der Waals surface area (Å²) in [6, 6.07) is 0. The van der Waals surface area contributed by atoms with E-state index < -0.39 is 11.6 Å². The van der Waals surface area contributed by atoms with Gasteiger partial charge in [-0.15, -0.1) is 0 Å². The summed E-state index contributed by atoms with van der Waals surface area (Å²) in [6.45, 7) is 1.33. The molecule has 5 nitrogen and oxygen atoms in total. The van der Waals surface area contributed by atoms with Crippen LogP contribution in [-0.2, 0) is 19.1 Å². The fourth-order valence-electron chi connectivity index (χ4n) is 1.88. The Balaban J connectivity index is 2.69. The van der Waals surface area contributed by atoms with E-state index in [1.54, 1.807) is 12.2 Å². The summed E-state index contributed by atoms with van der Waals surface area (Å²) in [5, 5.41) is 10.1. The molecule has 0 spiro atoms. The number of esters is 2. The van der Waals surface area contributed by atoms with Crippen molar-refractivity contribution in [2.24, 2.45) is 0 Å². The third kappa shape index (κ3) is 3.85. The zero-order valence-electron chi connectivity index (χ0n) is 10.1. The lowest BCUT2D eigenvalue weighted by Crippen LogP contribution is -2.41. The first-order valence-electron chi connectivity index (χ1n) is 5.62. The molecule has 0 saturated carbocycles. The highest BCUT2D eigenvalue weighted by Crippen LogP contribution is 2.25. The molecule has 0 heterocycles. The molecule has 1 N–H and O–H groups in total. The molecule has 0 saturated heterocycles. The first kappa shape index (κ1) is 13.7. The van der Waals surface area contributed by atoms with Gasteiger partial charge in [-0.3, -0.25) is 4.79 Å². The summed E-state index contributed by atoms with van der Waals surface area (Å²) < 4.78 is 9.63. The van der Waals surface area contributed by atoms with Gasteiger partial charge < -0.3 is 14.6 Å². The zero-order valence-corrected chi connectivity index (χ0v) is 10.1. The average Bonchev–Trinajstić information content (AvgIpc) is 2.27. The van der Waals surface area contributed by atoms with E-state index in [1.165, 1.54) is 14.0 Å². The van der Waals surface area contributed by atoms with Crippen LogP contribution in [0.15, 0.2) is 12.2 Å². The smallest absolute Gasteiger partial charge is 0.337 e. The highest BCUT2D eigenvalue weighted by Gasteiger charge is 2.37. The normalized spacial score (nSPS) is 30.9. The molecule has 0 unspecified atom stereocenters. The van der Waals surface area contributed by atoms with Gasteiger partial charge in [0, 0.05) is 6.92 Å². The van der Waals surface area contributed by atoms with Crippen molar-refractivity contribution in [2.75, 3.05) is 7.11 Å². The Labute approximate surface area is 100 Å². The van der Waals surface area contributed by atoms with E-state index >= 15 is 0 Å². The van der Waals surface area contributed by atoms with E-state index in [4.69, 9.17) is 4.74 Å². The summed E-state index contributed by atoms with van der Waals surface area (Å²) in [5.74, 6) is -1.00. The van der Waals surface area contributed by atoms with Crippen molar-refractivity contribution in [2.45, 2.75) is 44.3 Å². The molecule has 1 rings (SSSR count). The molecule has 0 radical (unpaired) electrons. The minimum atomic E-state index is -1.47. The summed E-state index contributed by atoms with van der Waals surface area (Å²) >= 11 is 0. The highest BCUT2D eigenvalue weighted by atomic mass is 16.5. The van der Waals surface area contributed by atoms with Crippen molar-refractivity contribution in [1.82, 2.24) is 0 Å². The molecule has 0 aromatic carbocycles. The maximum absolute atomic E-state index is 11.5. The van der Waals surface area contributed by atoms with Gasteiger partial charge in [0.15, 0.2) is 5.60 Å². The van der Waals surface area contributed by atoms with Crippen LogP contribution in [0.2, 0.25) is 0 Å². The Morgan fingerprint density at radius 2 is 2.12 bits per heavy atom. The van der Waals surface area contributed by atoms with Crippen LogP contribution in [0.1, 0.15) is 32.6 Å². The van der Waals surface area contributed by atoms with Crippen LogP contribution < -0.4 is 0 Å². The number of allylic oxidation sites excluding steroid dienone is 1. The molecule has 0 aromatic rings. The molecule has 0 aromatic heterocycles. The molecule has 0 bridgehead atoms. The topological polar surface area (TPSA) is 72.8 Å². The number of carbonyl (C=O) groups excluding carboxylic acids is 2. The average molecular weight is 242 g/mol. The minimum absolute atomic E-state index is 0.224. The summed E-state index contributed by atoms with van der Waals surface area (Å²) in [7, 11) is 1.25. The van der Waals surface area contributed by atoms with Gasteiger partial charge in [-0.2, -0.15) is 0 Å². The van der Waals surface area contributed by atoms with Gasteiger partial charge in [-0.05, 0) is 31.8 Å². The molecule has 1 aliphatic rings. The Kier molecular flexibility index (Phi) is 4.69. The molecule has 96 valence electrons. The van der Waals surface area contributed by atoms with E-state index in [9.17, 15) is 14.7 Å². The van der Waals surface area contributed by atoms with Crippen molar-refractivity contribution in [3.8, 4) is 0 Å². The lowest BCUT2D eigenvalue weighted by molar-refractivity contribution is -0.164. The molecule has 0 aliphatic heterocycles. The van der Waals surface area contributed by atoms with Crippen LogP contribution in [-0.4, -0.2) is 35.9 Å². The van der Waals surface area contributed by atoms with E-state index in [0.29, 0.717) is 19.3 Å². The van der Waals surface area contributed by atoms with E-state index in [1.807, 2.05) is 0 Å². The van der Waals surface area contributed by atoms with Gasteiger partial charge in [-0.25, -0.2) is 4.79 Å². The number of methoxy groups -OCH3 is 1. The van der Waals surface area contributed by atoms with Gasteiger partial charge in [0.1, 0.15) is 6.10 Å². The maximum atomic E-state index is 11.5. The molecule has 0 amide bonds. The summed E-state index contributed by atoms with van der Waals surface area (Å²) in [6.07, 6.45) is 4.71. The second-order valence-corrected chi connectivity index (χ2v) is 4.18. The first-order valence-corrected chi connectivity index (χ1v) is 5.62. The molecule has 17 heavy (non-hydrogen) atoms. The van der Waals surface area contributed by atoms with Crippen LogP contribution in [0.4, 0.5) is 0 Å². The third-order valence-corrected chi connectivity index (χ3v) is 2.80. The van der Waals surface area contributed by atoms with Gasteiger partial charge in [-0.1, -0.05) is 6.08 Å². The third-order valence-electron chi connectivity index (χ3n) is 2.80. The fraction of sp³-hybridized carbons (Fsp3) is 0.667. The Morgan fingerprint density at radius 1 is 1.41 bits per heavy atom. The van der Waals surface area contributed by atoms with Gasteiger partial charge in [0.05, 0.1) is 7.11 Å². The number of hydrogen-bond donors (Lipinski definition) is 1. The maximum Gasteiger partial charge on any atom is 0.337 e. The quantitative estimate of drug-likeness (QED) is 0.576. The Hall–Kier alpha value is -1.36. The van der Waals surface area contributed by atoms with Crippen LogP contribution >= 0.6 is 0 Å². The number of hydrogen-bond acceptors (Lipinski definition) is 5. The number of aliphatic hydroxyl groups is 1. The van der Waals surface area contributed by atoms with Crippen molar-refractivity contribution >= 4 is 11.9 Å². The van der Waals surface area contributed by atoms with Crippen molar-refractivity contribution in [3.05, 3.63) is 12.2 Å². The lowest BCUT2D eigenvalue weighted by Gasteiger charge is -2.27. The van der Waals surface area contributed by atoms with Gasteiger partial charge >= 0.3 is 11.9 Å². The number of carbonyl (C=O) groups is 2. The predicted molar refractivity (Wildman–Crippen MR) is 60.1 cm³/mol. The predicted octanol–water partition coefficient (Wildman–Crippen LogP) is 0.952. The second-order valence-electron chi connectivity index (χ2n) is 4.18. The summed E-state index contributed by atoms with van der Waals surface area (Å²) in [4.78, 5) is 22.3.